The van der Waals surface area contributed by atoms with E-state index in [-0.39, 0.29) is 0 Å². The van der Waals surface area contributed by atoms with Gasteiger partial charge in [-0.2, -0.15) is 0 Å². The van der Waals surface area contributed by atoms with Gasteiger partial charge < -0.3 is 5.73 Å². The Balaban J connectivity index is 2.94. The number of nitrogens with two attached hydrogens (primary N) is 1. The molecule has 0 spiro atoms. The highest BCUT2D eigenvalue weighted by Crippen LogP contribution is 2.10. The molecule has 0 aliphatic rings. The van der Waals surface area contributed by atoms with Gasteiger partial charge in [-0.25, -0.2) is 0 Å². The second-order valence-electron chi connectivity index (χ2n) is 2.40. The van der Waals surface area contributed by atoms with Crippen molar-refractivity contribution in [3.63, 3.8) is 0 Å². The zero-order valence-electron chi connectivity index (χ0n) is 6.15. The highest BCUT2D eigenvalue weighted by molar-refractivity contribution is 5.63. The van der Waals surface area contributed by atoms with Gasteiger partial charge in [-0.3, -0.25) is 4.40 Å². The molecule has 2 heterocycles. The number of pyridine rings is 1. The number of nitrogens with zero attached hydrogens (tertiary/aromatic N) is 3. The number of anilines is 1. The van der Waals surface area contributed by atoms with Crippen LogP contribution in [0.2, 0.25) is 0 Å². The Kier molecular flexibility index (Phi) is 1.09. The summed E-state index contributed by atoms with van der Waals surface area (Å²) in [6.07, 6.45) is 1.89. The Morgan fingerprint density at radius 3 is 3.00 bits per heavy atom. The van der Waals surface area contributed by atoms with Crippen LogP contribution in [0, 0.1) is 6.92 Å². The highest BCUT2D eigenvalue weighted by Gasteiger charge is 2.01. The molecule has 0 fully saturated rings. The molecule has 0 radical (unpaired) electrons. The number of fused-ring (bicyclic) bond motifs is 1. The molecule has 0 aliphatic carbocycles. The number of aromatic nitrogens is 3. The summed E-state index contributed by atoms with van der Waals surface area (Å²) < 4.78 is 1.86. The van der Waals surface area contributed by atoms with E-state index in [1.807, 2.05) is 29.7 Å². The summed E-state index contributed by atoms with van der Waals surface area (Å²) in [4.78, 5) is 0. The van der Waals surface area contributed by atoms with E-state index < -0.39 is 0 Å². The quantitative estimate of drug-likeness (QED) is 0.595. The van der Waals surface area contributed by atoms with Crippen LogP contribution in [0.1, 0.15) is 5.82 Å². The molecule has 2 N–H and O–H groups in total. The standard InChI is InChI=1S/C7H8N4/c1-5-9-10-7-6(8)3-2-4-11(5)7/h2-4H,8H2,1H3. The van der Waals surface area contributed by atoms with Crippen LogP contribution in [0.5, 0.6) is 0 Å². The maximum atomic E-state index is 5.65. The van der Waals surface area contributed by atoms with Crippen molar-refractivity contribution in [2.75, 3.05) is 5.73 Å². The van der Waals surface area contributed by atoms with Crippen molar-refractivity contribution >= 4 is 11.3 Å². The van der Waals surface area contributed by atoms with Crippen LogP contribution < -0.4 is 5.73 Å². The SMILES string of the molecule is Cc1nnc2c(N)cccn12. The molecule has 56 valence electrons. The summed E-state index contributed by atoms with van der Waals surface area (Å²) >= 11 is 0. The minimum absolute atomic E-state index is 0.660. The molecule has 4 heteroatoms. The minimum atomic E-state index is 0.660. The van der Waals surface area contributed by atoms with Gasteiger partial charge in [0.1, 0.15) is 5.82 Å². The lowest BCUT2D eigenvalue weighted by Crippen LogP contribution is -1.92. The highest BCUT2D eigenvalue weighted by atomic mass is 15.2. The van der Waals surface area contributed by atoms with E-state index in [2.05, 4.69) is 10.2 Å². The van der Waals surface area contributed by atoms with Crippen molar-refractivity contribution in [2.24, 2.45) is 0 Å². The van der Waals surface area contributed by atoms with Crippen molar-refractivity contribution in [3.05, 3.63) is 24.2 Å². The van der Waals surface area contributed by atoms with Crippen molar-refractivity contribution in [2.45, 2.75) is 6.92 Å². The van der Waals surface area contributed by atoms with Crippen molar-refractivity contribution in [1.29, 1.82) is 0 Å². The summed E-state index contributed by atoms with van der Waals surface area (Å²) in [6, 6.07) is 3.68. The van der Waals surface area contributed by atoms with Gasteiger partial charge in [0.2, 0.25) is 0 Å². The third kappa shape index (κ3) is 0.756. The van der Waals surface area contributed by atoms with E-state index in [4.69, 9.17) is 5.73 Å². The van der Waals surface area contributed by atoms with E-state index in [1.54, 1.807) is 0 Å². The van der Waals surface area contributed by atoms with E-state index in [0.29, 0.717) is 5.69 Å². The van der Waals surface area contributed by atoms with Gasteiger partial charge in [0.15, 0.2) is 5.65 Å². The minimum Gasteiger partial charge on any atom is -0.396 e. The first kappa shape index (κ1) is 6.15. The van der Waals surface area contributed by atoms with Crippen molar-refractivity contribution < 1.29 is 0 Å². The van der Waals surface area contributed by atoms with E-state index >= 15 is 0 Å². The molecule has 0 saturated heterocycles. The van der Waals surface area contributed by atoms with Gasteiger partial charge in [0.25, 0.3) is 0 Å². The van der Waals surface area contributed by atoms with Crippen LogP contribution >= 0.6 is 0 Å². The van der Waals surface area contributed by atoms with Gasteiger partial charge in [-0.05, 0) is 19.1 Å². The topological polar surface area (TPSA) is 56.2 Å². The molecule has 2 aromatic heterocycles. The molecule has 2 aromatic rings. The van der Waals surface area contributed by atoms with Gasteiger partial charge in [-0.15, -0.1) is 10.2 Å². The molecule has 0 aliphatic heterocycles. The Bertz CT molecular complexity index is 390. The second kappa shape index (κ2) is 1.95. The van der Waals surface area contributed by atoms with Crippen LogP contribution in [0.4, 0.5) is 5.69 Å². The maximum absolute atomic E-state index is 5.65. The second-order valence-corrected chi connectivity index (χ2v) is 2.40. The van der Waals surface area contributed by atoms with Crippen molar-refractivity contribution in [1.82, 2.24) is 14.6 Å². The number of nitrogen functional groups attached to an aromatic ring is 1. The molecule has 0 amide bonds. The van der Waals surface area contributed by atoms with E-state index in [9.17, 15) is 0 Å². The summed E-state index contributed by atoms with van der Waals surface area (Å²) in [5.74, 6) is 0.854. The monoisotopic (exact) mass is 148 g/mol. The Morgan fingerprint density at radius 1 is 1.45 bits per heavy atom. The molecular weight excluding hydrogens is 140 g/mol. The Labute approximate surface area is 63.7 Å². The summed E-state index contributed by atoms with van der Waals surface area (Å²) in [5, 5.41) is 7.80. The molecule has 0 saturated carbocycles. The van der Waals surface area contributed by atoms with Gasteiger partial charge in [0, 0.05) is 6.20 Å². The fraction of sp³-hybridized carbons (Fsp3) is 0.143. The van der Waals surface area contributed by atoms with Crippen LogP contribution in [0.3, 0.4) is 0 Å². The van der Waals surface area contributed by atoms with Crippen LogP contribution in [0.15, 0.2) is 18.3 Å². The van der Waals surface area contributed by atoms with Crippen molar-refractivity contribution in [3.8, 4) is 0 Å². The summed E-state index contributed by atoms with van der Waals surface area (Å²) in [7, 11) is 0. The molecular formula is C7H8N4. The lowest BCUT2D eigenvalue weighted by Gasteiger charge is -1.95. The fourth-order valence-corrected chi connectivity index (χ4v) is 1.05. The Morgan fingerprint density at radius 2 is 2.27 bits per heavy atom. The number of hydrogen-bond donors (Lipinski definition) is 1. The smallest absolute Gasteiger partial charge is 0.183 e. The summed E-state index contributed by atoms with van der Waals surface area (Å²) in [6.45, 7) is 1.89. The number of hydrogen-bond acceptors (Lipinski definition) is 3. The summed E-state index contributed by atoms with van der Waals surface area (Å²) in [5.41, 5.74) is 7.03. The number of aryl methyl sites for hydroxylation is 1. The van der Waals surface area contributed by atoms with Gasteiger partial charge >= 0.3 is 0 Å². The predicted octanol–water partition coefficient (Wildman–Crippen LogP) is 0.620. The molecule has 0 bridgehead atoms. The first-order chi connectivity index (χ1) is 5.29. The van der Waals surface area contributed by atoms with Gasteiger partial charge in [-0.1, -0.05) is 0 Å². The molecule has 0 aromatic carbocycles. The van der Waals surface area contributed by atoms with Crippen LogP contribution in [-0.4, -0.2) is 14.6 Å². The van der Waals surface area contributed by atoms with E-state index in [0.717, 1.165) is 11.5 Å². The molecule has 0 atom stereocenters. The molecule has 0 unspecified atom stereocenters. The average molecular weight is 148 g/mol. The lowest BCUT2D eigenvalue weighted by molar-refractivity contribution is 1.01. The third-order valence-corrected chi connectivity index (χ3v) is 1.64. The first-order valence-corrected chi connectivity index (χ1v) is 3.35. The average Bonchev–Trinajstić information content (AvgIpc) is 2.35. The number of rotatable bonds is 0. The van der Waals surface area contributed by atoms with Crippen LogP contribution in [0.25, 0.3) is 5.65 Å². The molecule has 11 heavy (non-hydrogen) atoms. The largest absolute Gasteiger partial charge is 0.396 e. The molecule has 2 rings (SSSR count). The van der Waals surface area contributed by atoms with E-state index in [1.165, 1.54) is 0 Å². The van der Waals surface area contributed by atoms with Gasteiger partial charge in [0.05, 0.1) is 5.69 Å². The fourth-order valence-electron chi connectivity index (χ4n) is 1.05. The lowest BCUT2D eigenvalue weighted by atomic mass is 10.4. The zero-order chi connectivity index (χ0) is 7.84. The third-order valence-electron chi connectivity index (χ3n) is 1.64. The van der Waals surface area contributed by atoms with Crippen LogP contribution in [-0.2, 0) is 0 Å². The Hall–Kier alpha value is -1.58. The predicted molar refractivity (Wildman–Crippen MR) is 42.1 cm³/mol. The normalized spacial score (nSPS) is 10.6. The maximum Gasteiger partial charge on any atom is 0.183 e. The zero-order valence-corrected chi connectivity index (χ0v) is 6.15. The molecule has 4 nitrogen and oxygen atoms in total. The first-order valence-electron chi connectivity index (χ1n) is 3.35.